The van der Waals surface area contributed by atoms with Gasteiger partial charge in [0.15, 0.2) is 16.6 Å². The molecule has 3 rings (SSSR count). The topological polar surface area (TPSA) is 79.1 Å². The maximum atomic E-state index is 13.0. The van der Waals surface area contributed by atoms with Crippen molar-refractivity contribution in [3.05, 3.63) is 63.9 Å². The summed E-state index contributed by atoms with van der Waals surface area (Å²) in [5.74, 6) is 1.96. The third kappa shape index (κ3) is 7.10. The Morgan fingerprint density at radius 1 is 0.971 bits per heavy atom. The number of rotatable bonds is 11. The van der Waals surface area contributed by atoms with Crippen LogP contribution >= 0.6 is 12.2 Å². The van der Waals surface area contributed by atoms with Crippen molar-refractivity contribution >= 4 is 28.2 Å². The van der Waals surface area contributed by atoms with E-state index < -0.39 is 0 Å². The number of benzene rings is 2. The minimum Gasteiger partial charge on any atom is -0.497 e. The number of fused-ring (bicyclic) bond motifs is 1. The normalized spacial score (nSPS) is 10.9. The van der Waals surface area contributed by atoms with Crippen molar-refractivity contribution in [1.82, 2.24) is 20.1 Å². The smallest absolute Gasteiger partial charge is 0.253 e. The van der Waals surface area contributed by atoms with Gasteiger partial charge in [-0.1, -0.05) is 12.1 Å². The van der Waals surface area contributed by atoms with Crippen LogP contribution in [0.15, 0.2) is 47.3 Å². The number of methoxy groups -OCH3 is 3. The quantitative estimate of drug-likeness (QED) is 0.308. The monoisotopic (exact) mass is 498 g/mol. The second-order valence-electron chi connectivity index (χ2n) is 8.51. The van der Waals surface area contributed by atoms with E-state index in [2.05, 4.69) is 15.2 Å². The molecule has 0 saturated carbocycles. The van der Waals surface area contributed by atoms with Gasteiger partial charge in [0, 0.05) is 30.1 Å². The molecule has 3 aromatic rings. The molecule has 0 unspecified atom stereocenters. The first kappa shape index (κ1) is 26.3. The summed E-state index contributed by atoms with van der Waals surface area (Å²) in [5.41, 5.74) is 2.19. The molecular formula is C26H34N4O4S. The second kappa shape index (κ2) is 12.4. The van der Waals surface area contributed by atoms with Crippen molar-refractivity contribution in [2.24, 2.45) is 0 Å². The van der Waals surface area contributed by atoms with Crippen LogP contribution in [0.3, 0.4) is 0 Å². The number of ether oxygens (including phenoxy) is 3. The van der Waals surface area contributed by atoms with Crippen LogP contribution in [0.2, 0.25) is 0 Å². The predicted octanol–water partition coefficient (Wildman–Crippen LogP) is 3.38. The number of aromatic amines is 1. The summed E-state index contributed by atoms with van der Waals surface area (Å²) in [6, 6.07) is 13.4. The number of aromatic nitrogens is 1. The Balaban J connectivity index is 1.87. The average molecular weight is 499 g/mol. The Kier molecular flexibility index (Phi) is 9.33. The van der Waals surface area contributed by atoms with Crippen LogP contribution in [-0.4, -0.2) is 68.4 Å². The van der Waals surface area contributed by atoms with Gasteiger partial charge in [-0.05, 0) is 69.1 Å². The number of pyridine rings is 1. The summed E-state index contributed by atoms with van der Waals surface area (Å²) in [7, 11) is 8.90. The Labute approximate surface area is 211 Å². The Morgan fingerprint density at radius 3 is 2.29 bits per heavy atom. The van der Waals surface area contributed by atoms with Crippen LogP contribution in [0.4, 0.5) is 0 Å². The average Bonchev–Trinajstić information content (AvgIpc) is 2.86. The molecule has 0 saturated heterocycles. The van der Waals surface area contributed by atoms with Crippen LogP contribution in [0.5, 0.6) is 17.2 Å². The van der Waals surface area contributed by atoms with Crippen LogP contribution in [0.25, 0.3) is 10.9 Å². The lowest BCUT2D eigenvalue weighted by atomic mass is 10.1. The van der Waals surface area contributed by atoms with Crippen molar-refractivity contribution in [2.45, 2.75) is 19.5 Å². The molecule has 1 heterocycles. The highest BCUT2D eigenvalue weighted by Gasteiger charge is 2.15. The molecule has 0 aliphatic rings. The lowest BCUT2D eigenvalue weighted by molar-refractivity contribution is 0.355. The highest BCUT2D eigenvalue weighted by atomic mass is 32.1. The van der Waals surface area contributed by atoms with Crippen molar-refractivity contribution in [3.8, 4) is 17.2 Å². The second-order valence-corrected chi connectivity index (χ2v) is 8.90. The van der Waals surface area contributed by atoms with Crippen LogP contribution in [-0.2, 0) is 13.1 Å². The highest BCUT2D eigenvalue weighted by molar-refractivity contribution is 7.80. The summed E-state index contributed by atoms with van der Waals surface area (Å²) in [4.78, 5) is 20.1. The third-order valence-corrected chi connectivity index (χ3v) is 6.07. The SMILES string of the molecule is COc1ccc(CN(Cc2cc3cc(OC)c(OC)cc3[nH]c2=O)C(=S)NCCCN(C)C)cc1. The Morgan fingerprint density at radius 2 is 1.66 bits per heavy atom. The van der Waals surface area contributed by atoms with Gasteiger partial charge >= 0.3 is 0 Å². The van der Waals surface area contributed by atoms with E-state index in [1.165, 1.54) is 0 Å². The fourth-order valence-electron chi connectivity index (χ4n) is 3.75. The lowest BCUT2D eigenvalue weighted by Gasteiger charge is -2.26. The zero-order valence-electron chi connectivity index (χ0n) is 21.0. The molecule has 0 radical (unpaired) electrons. The number of nitrogens with one attached hydrogen (secondary N) is 2. The van der Waals surface area contributed by atoms with Gasteiger partial charge in [0.2, 0.25) is 0 Å². The van der Waals surface area contributed by atoms with E-state index in [0.29, 0.717) is 40.8 Å². The molecule has 0 aliphatic heterocycles. The number of H-pyrrole nitrogens is 1. The maximum absolute atomic E-state index is 13.0. The van der Waals surface area contributed by atoms with E-state index >= 15 is 0 Å². The molecule has 2 aromatic carbocycles. The van der Waals surface area contributed by atoms with E-state index in [1.54, 1.807) is 27.4 Å². The van der Waals surface area contributed by atoms with E-state index in [9.17, 15) is 4.79 Å². The molecule has 0 bridgehead atoms. The molecule has 35 heavy (non-hydrogen) atoms. The van der Waals surface area contributed by atoms with Crippen molar-refractivity contribution in [1.29, 1.82) is 0 Å². The molecule has 0 aliphatic carbocycles. The van der Waals surface area contributed by atoms with E-state index in [0.717, 1.165) is 36.2 Å². The highest BCUT2D eigenvalue weighted by Crippen LogP contribution is 2.31. The van der Waals surface area contributed by atoms with Gasteiger partial charge in [-0.15, -0.1) is 0 Å². The zero-order chi connectivity index (χ0) is 25.4. The van der Waals surface area contributed by atoms with Gasteiger partial charge in [-0.25, -0.2) is 0 Å². The van der Waals surface area contributed by atoms with Crippen molar-refractivity contribution in [2.75, 3.05) is 48.5 Å². The zero-order valence-corrected chi connectivity index (χ0v) is 21.8. The molecule has 0 atom stereocenters. The number of thiocarbonyl (C=S) groups is 1. The summed E-state index contributed by atoms with van der Waals surface area (Å²) < 4.78 is 16.1. The third-order valence-electron chi connectivity index (χ3n) is 5.66. The Bertz CT molecular complexity index is 1190. The molecule has 1 aromatic heterocycles. The fraction of sp³-hybridized carbons (Fsp3) is 0.385. The summed E-state index contributed by atoms with van der Waals surface area (Å²) in [6.45, 7) is 2.61. The molecule has 8 nitrogen and oxygen atoms in total. The van der Waals surface area contributed by atoms with E-state index in [-0.39, 0.29) is 5.56 Å². The van der Waals surface area contributed by atoms with Gasteiger partial charge < -0.3 is 34.3 Å². The molecular weight excluding hydrogens is 464 g/mol. The van der Waals surface area contributed by atoms with Gasteiger partial charge in [-0.2, -0.15) is 0 Å². The largest absolute Gasteiger partial charge is 0.497 e. The standard InChI is InChI=1S/C26H34N4O4S/c1-29(2)12-6-11-27-26(35)30(16-18-7-9-21(32-3)10-8-18)17-20-13-19-14-23(33-4)24(34-5)15-22(19)28-25(20)31/h7-10,13-15H,6,11-12,16-17H2,1-5H3,(H,27,35)(H,28,31). The first-order chi connectivity index (χ1) is 16.8. The van der Waals surface area contributed by atoms with E-state index in [4.69, 9.17) is 26.4 Å². The molecule has 188 valence electrons. The number of nitrogens with zero attached hydrogens (tertiary/aromatic N) is 2. The van der Waals surface area contributed by atoms with Crippen LogP contribution in [0.1, 0.15) is 17.5 Å². The summed E-state index contributed by atoms with van der Waals surface area (Å²) >= 11 is 5.74. The molecule has 0 fully saturated rings. The molecule has 0 amide bonds. The summed E-state index contributed by atoms with van der Waals surface area (Å²) in [6.07, 6.45) is 0.960. The van der Waals surface area contributed by atoms with Crippen molar-refractivity contribution in [3.63, 3.8) is 0 Å². The first-order valence-electron chi connectivity index (χ1n) is 11.4. The van der Waals surface area contributed by atoms with Gasteiger partial charge in [0.05, 0.1) is 33.4 Å². The molecule has 0 spiro atoms. The van der Waals surface area contributed by atoms with Gasteiger partial charge in [-0.3, -0.25) is 4.79 Å². The van der Waals surface area contributed by atoms with Crippen molar-refractivity contribution < 1.29 is 14.2 Å². The predicted molar refractivity (Wildman–Crippen MR) is 144 cm³/mol. The minimum atomic E-state index is -0.167. The number of hydrogen-bond acceptors (Lipinski definition) is 6. The maximum Gasteiger partial charge on any atom is 0.253 e. The minimum absolute atomic E-state index is 0.167. The fourth-order valence-corrected chi connectivity index (χ4v) is 3.99. The molecule has 9 heteroatoms. The van der Waals surface area contributed by atoms with Gasteiger partial charge in [0.25, 0.3) is 5.56 Å². The first-order valence-corrected chi connectivity index (χ1v) is 11.8. The lowest BCUT2D eigenvalue weighted by Crippen LogP contribution is -2.40. The molecule has 2 N–H and O–H groups in total. The summed E-state index contributed by atoms with van der Waals surface area (Å²) in [5, 5.41) is 4.80. The van der Waals surface area contributed by atoms with Crippen LogP contribution < -0.4 is 25.1 Å². The van der Waals surface area contributed by atoms with E-state index in [1.807, 2.05) is 55.4 Å². The number of hydrogen-bond donors (Lipinski definition) is 2. The van der Waals surface area contributed by atoms with Gasteiger partial charge in [0.1, 0.15) is 5.75 Å². The Hall–Kier alpha value is -3.30. The van der Waals surface area contributed by atoms with Crippen LogP contribution in [0, 0.1) is 0 Å².